The number of rotatable bonds is 5. The molecule has 0 heterocycles. The maximum Gasteiger partial charge on any atom is 0.337 e. The van der Waals surface area contributed by atoms with Gasteiger partial charge in [-0.15, -0.1) is 0 Å². The first-order valence-electron chi connectivity index (χ1n) is 9.96. The SMILES string of the molecule is CON=CC(=O)N(c1ccc2c(c1)C(C)(C)CCC2(C)C)c1ccccc1C(=O)O. The van der Waals surface area contributed by atoms with Crippen LogP contribution in [0.2, 0.25) is 0 Å². The molecule has 1 N–H and O–H groups in total. The molecule has 1 amide bonds. The van der Waals surface area contributed by atoms with Gasteiger partial charge in [0.05, 0.1) is 11.3 Å². The quantitative estimate of drug-likeness (QED) is 0.556. The van der Waals surface area contributed by atoms with Crippen molar-refractivity contribution >= 4 is 29.5 Å². The molecule has 0 saturated heterocycles. The Morgan fingerprint density at radius 2 is 1.67 bits per heavy atom. The van der Waals surface area contributed by atoms with Crippen LogP contribution in [-0.4, -0.2) is 30.3 Å². The smallest absolute Gasteiger partial charge is 0.337 e. The van der Waals surface area contributed by atoms with Crippen molar-refractivity contribution in [1.29, 1.82) is 0 Å². The van der Waals surface area contributed by atoms with Crippen LogP contribution in [0.15, 0.2) is 47.6 Å². The summed E-state index contributed by atoms with van der Waals surface area (Å²) in [7, 11) is 1.35. The van der Waals surface area contributed by atoms with Gasteiger partial charge in [-0.05, 0) is 59.1 Å². The third kappa shape index (κ3) is 3.95. The third-order valence-corrected chi connectivity index (χ3v) is 5.96. The molecule has 0 aliphatic heterocycles. The van der Waals surface area contributed by atoms with Crippen molar-refractivity contribution in [3.05, 3.63) is 59.2 Å². The molecule has 0 spiro atoms. The van der Waals surface area contributed by atoms with E-state index in [9.17, 15) is 14.7 Å². The molecular weight excluding hydrogens is 380 g/mol. The molecule has 6 heteroatoms. The number of hydrogen-bond donors (Lipinski definition) is 1. The summed E-state index contributed by atoms with van der Waals surface area (Å²) in [5, 5.41) is 13.3. The number of carbonyl (C=O) groups excluding carboxylic acids is 1. The average molecular weight is 408 g/mol. The van der Waals surface area contributed by atoms with E-state index in [0.717, 1.165) is 19.1 Å². The first-order valence-corrected chi connectivity index (χ1v) is 9.96. The van der Waals surface area contributed by atoms with Gasteiger partial charge in [0.15, 0.2) is 0 Å². The molecule has 158 valence electrons. The lowest BCUT2D eigenvalue weighted by Crippen LogP contribution is -2.35. The Hall–Kier alpha value is -3.15. The van der Waals surface area contributed by atoms with Gasteiger partial charge in [-0.2, -0.15) is 0 Å². The molecule has 0 saturated carbocycles. The number of benzene rings is 2. The number of nitrogens with zero attached hydrogens (tertiary/aromatic N) is 2. The Morgan fingerprint density at radius 3 is 2.30 bits per heavy atom. The molecule has 3 rings (SSSR count). The molecule has 0 atom stereocenters. The van der Waals surface area contributed by atoms with Gasteiger partial charge in [-0.1, -0.05) is 51.0 Å². The number of carboxylic acid groups (broad SMARTS) is 1. The normalized spacial score (nSPS) is 16.7. The van der Waals surface area contributed by atoms with Crippen molar-refractivity contribution in [3.63, 3.8) is 0 Å². The Bertz CT molecular complexity index is 1010. The summed E-state index contributed by atoms with van der Waals surface area (Å²) >= 11 is 0. The number of fused-ring (bicyclic) bond motifs is 1. The van der Waals surface area contributed by atoms with Crippen LogP contribution in [0.25, 0.3) is 0 Å². The zero-order chi connectivity index (χ0) is 22.1. The molecule has 0 aromatic heterocycles. The van der Waals surface area contributed by atoms with Crippen LogP contribution in [0.1, 0.15) is 62.0 Å². The predicted molar refractivity (Wildman–Crippen MR) is 118 cm³/mol. The molecule has 2 aromatic carbocycles. The molecule has 6 nitrogen and oxygen atoms in total. The lowest BCUT2D eigenvalue weighted by atomic mass is 9.63. The lowest BCUT2D eigenvalue weighted by Gasteiger charge is -2.42. The van der Waals surface area contributed by atoms with Gasteiger partial charge < -0.3 is 9.94 Å². The van der Waals surface area contributed by atoms with Crippen LogP contribution >= 0.6 is 0 Å². The topological polar surface area (TPSA) is 79.2 Å². The van der Waals surface area contributed by atoms with E-state index in [1.54, 1.807) is 18.2 Å². The van der Waals surface area contributed by atoms with Crippen LogP contribution in [-0.2, 0) is 20.5 Å². The second-order valence-corrected chi connectivity index (χ2v) is 8.91. The van der Waals surface area contributed by atoms with Gasteiger partial charge >= 0.3 is 5.97 Å². The molecule has 0 fully saturated rings. The fraction of sp³-hybridized carbons (Fsp3) is 0.375. The zero-order valence-corrected chi connectivity index (χ0v) is 18.1. The molecule has 30 heavy (non-hydrogen) atoms. The second-order valence-electron chi connectivity index (χ2n) is 8.91. The van der Waals surface area contributed by atoms with Crippen molar-refractivity contribution in [1.82, 2.24) is 0 Å². The summed E-state index contributed by atoms with van der Waals surface area (Å²) in [6.07, 6.45) is 3.16. The number of amides is 1. The standard InChI is InChI=1S/C24H28N2O4/c1-23(2)12-13-24(3,4)19-14-16(10-11-18(19)23)26(21(27)15-25-30-5)20-9-7-6-8-17(20)22(28)29/h6-11,14-15H,12-13H2,1-5H3,(H,28,29). The summed E-state index contributed by atoms with van der Waals surface area (Å²) in [6.45, 7) is 8.87. The Kier molecular flexibility index (Phi) is 5.70. The predicted octanol–water partition coefficient (Wildman–Crippen LogP) is 5.03. The number of hydrogen-bond acceptors (Lipinski definition) is 4. The van der Waals surface area contributed by atoms with Crippen LogP contribution in [0, 0.1) is 0 Å². The minimum absolute atomic E-state index is 0.0361. The maximum absolute atomic E-state index is 13.0. The van der Waals surface area contributed by atoms with E-state index >= 15 is 0 Å². The van der Waals surface area contributed by atoms with E-state index in [4.69, 9.17) is 0 Å². The van der Waals surface area contributed by atoms with Gasteiger partial charge in [0.25, 0.3) is 5.91 Å². The molecule has 0 bridgehead atoms. The van der Waals surface area contributed by atoms with Gasteiger partial charge in [0.2, 0.25) is 0 Å². The lowest BCUT2D eigenvalue weighted by molar-refractivity contribution is -0.111. The fourth-order valence-electron chi connectivity index (χ4n) is 4.11. The van der Waals surface area contributed by atoms with E-state index in [1.165, 1.54) is 29.2 Å². The van der Waals surface area contributed by atoms with E-state index in [0.29, 0.717) is 5.69 Å². The maximum atomic E-state index is 13.0. The summed E-state index contributed by atoms with van der Waals surface area (Å²) in [4.78, 5) is 30.9. The van der Waals surface area contributed by atoms with Crippen molar-refractivity contribution in [3.8, 4) is 0 Å². The molecular formula is C24H28N2O4. The fourth-order valence-corrected chi connectivity index (χ4v) is 4.11. The molecule has 1 aliphatic carbocycles. The molecule has 0 unspecified atom stereocenters. The highest BCUT2D eigenvalue weighted by Gasteiger charge is 2.37. The second kappa shape index (κ2) is 7.94. The van der Waals surface area contributed by atoms with Crippen LogP contribution in [0.4, 0.5) is 11.4 Å². The van der Waals surface area contributed by atoms with E-state index in [2.05, 4.69) is 43.8 Å². The van der Waals surface area contributed by atoms with Crippen LogP contribution in [0.5, 0.6) is 0 Å². The van der Waals surface area contributed by atoms with Gasteiger partial charge in [-0.3, -0.25) is 9.69 Å². The largest absolute Gasteiger partial charge is 0.478 e. The van der Waals surface area contributed by atoms with Crippen molar-refractivity contribution in [2.24, 2.45) is 5.16 Å². The third-order valence-electron chi connectivity index (χ3n) is 5.96. The number of carboxylic acids is 1. The monoisotopic (exact) mass is 408 g/mol. The van der Waals surface area contributed by atoms with Crippen molar-refractivity contribution in [2.75, 3.05) is 12.0 Å². The van der Waals surface area contributed by atoms with Crippen LogP contribution in [0.3, 0.4) is 0 Å². The molecule has 1 aliphatic rings. The summed E-state index contributed by atoms with van der Waals surface area (Å²) in [5.74, 6) is -1.59. The molecule has 2 aromatic rings. The van der Waals surface area contributed by atoms with E-state index < -0.39 is 11.9 Å². The minimum Gasteiger partial charge on any atom is -0.478 e. The highest BCUT2D eigenvalue weighted by Crippen LogP contribution is 2.47. The number of carbonyl (C=O) groups is 2. The number of oxime groups is 1. The average Bonchev–Trinajstić information content (AvgIpc) is 2.70. The number of anilines is 2. The number of aromatic carboxylic acids is 1. The summed E-state index contributed by atoms with van der Waals surface area (Å²) in [5.41, 5.74) is 3.33. The van der Waals surface area contributed by atoms with E-state index in [-0.39, 0.29) is 22.1 Å². The Morgan fingerprint density at radius 1 is 1.03 bits per heavy atom. The van der Waals surface area contributed by atoms with Gasteiger partial charge in [-0.25, -0.2) is 4.79 Å². The Balaban J connectivity index is 2.23. The Labute approximate surface area is 177 Å². The highest BCUT2D eigenvalue weighted by molar-refractivity contribution is 6.35. The minimum atomic E-state index is -1.11. The van der Waals surface area contributed by atoms with Crippen molar-refractivity contribution < 1.29 is 19.5 Å². The zero-order valence-electron chi connectivity index (χ0n) is 18.1. The van der Waals surface area contributed by atoms with Crippen molar-refractivity contribution in [2.45, 2.75) is 51.4 Å². The highest BCUT2D eigenvalue weighted by atomic mass is 16.6. The summed E-state index contributed by atoms with van der Waals surface area (Å²) < 4.78 is 0. The first kappa shape index (κ1) is 21.6. The first-order chi connectivity index (χ1) is 14.1. The van der Waals surface area contributed by atoms with Crippen LogP contribution < -0.4 is 4.90 Å². The molecule has 0 radical (unpaired) electrons. The van der Waals surface area contributed by atoms with Gasteiger partial charge in [0.1, 0.15) is 13.3 Å². The van der Waals surface area contributed by atoms with E-state index in [1.807, 2.05) is 12.1 Å². The van der Waals surface area contributed by atoms with Gasteiger partial charge in [0, 0.05) is 5.69 Å². The summed E-state index contributed by atoms with van der Waals surface area (Å²) in [6, 6.07) is 12.4. The number of para-hydroxylation sites is 1.